The largest absolute Gasteiger partial charge is 0.390 e. The molecule has 0 bridgehead atoms. The summed E-state index contributed by atoms with van der Waals surface area (Å²) in [7, 11) is 0. The van der Waals surface area contributed by atoms with Gasteiger partial charge in [0.25, 0.3) is 0 Å². The zero-order valence-corrected chi connectivity index (χ0v) is 9.21. The van der Waals surface area contributed by atoms with Crippen molar-refractivity contribution in [1.82, 2.24) is 0 Å². The summed E-state index contributed by atoms with van der Waals surface area (Å²) in [5, 5.41) is 19.6. The van der Waals surface area contributed by atoms with Crippen LogP contribution in [0.5, 0.6) is 0 Å². The Kier molecular flexibility index (Phi) is 6.35. The first kappa shape index (κ1) is 12.9. The first-order chi connectivity index (χ1) is 6.06. The van der Waals surface area contributed by atoms with E-state index in [4.69, 9.17) is 0 Å². The average molecular weight is 188 g/mol. The van der Waals surface area contributed by atoms with E-state index in [1.807, 2.05) is 0 Å². The van der Waals surface area contributed by atoms with Gasteiger partial charge in [-0.05, 0) is 19.8 Å². The van der Waals surface area contributed by atoms with Gasteiger partial charge in [-0.25, -0.2) is 0 Å². The summed E-state index contributed by atoms with van der Waals surface area (Å²) >= 11 is 0. The van der Waals surface area contributed by atoms with Crippen LogP contribution in [0.25, 0.3) is 0 Å². The second-order valence-corrected chi connectivity index (χ2v) is 3.99. The van der Waals surface area contributed by atoms with Gasteiger partial charge in [0, 0.05) is 0 Å². The highest BCUT2D eigenvalue weighted by molar-refractivity contribution is 4.83. The lowest BCUT2D eigenvalue weighted by atomic mass is 9.86. The van der Waals surface area contributed by atoms with E-state index in [0.29, 0.717) is 0 Å². The highest BCUT2D eigenvalue weighted by Gasteiger charge is 2.30. The van der Waals surface area contributed by atoms with E-state index < -0.39 is 11.7 Å². The second-order valence-electron chi connectivity index (χ2n) is 3.99. The Bertz CT molecular complexity index is 113. The maximum Gasteiger partial charge on any atom is 0.0902 e. The molecule has 0 aromatic carbocycles. The average Bonchev–Trinajstić information content (AvgIpc) is 2.11. The van der Waals surface area contributed by atoms with Crippen LogP contribution in [0.2, 0.25) is 0 Å². The van der Waals surface area contributed by atoms with Gasteiger partial charge >= 0.3 is 0 Å². The Balaban J connectivity index is 4.00. The fourth-order valence-corrected chi connectivity index (χ4v) is 1.51. The molecule has 0 saturated carbocycles. The van der Waals surface area contributed by atoms with Crippen molar-refractivity contribution in [3.05, 3.63) is 0 Å². The normalized spacial score (nSPS) is 14.5. The Labute approximate surface area is 82.0 Å². The molecular weight excluding hydrogens is 164 g/mol. The third-order valence-corrected chi connectivity index (χ3v) is 2.70. The van der Waals surface area contributed by atoms with E-state index in [-0.39, 0.29) is 0 Å². The Morgan fingerprint density at radius 2 is 1.46 bits per heavy atom. The number of aliphatic hydroxyl groups excluding tert-OH is 1. The SMILES string of the molecule is CCCCC(O)(CCCC)[C@@H](C)O. The molecule has 0 aromatic rings. The molecule has 0 saturated heterocycles. The molecular formula is C11H24O2. The van der Waals surface area contributed by atoms with Crippen molar-refractivity contribution < 1.29 is 10.2 Å². The van der Waals surface area contributed by atoms with Crippen LogP contribution in [-0.4, -0.2) is 21.9 Å². The van der Waals surface area contributed by atoms with Crippen LogP contribution in [0.3, 0.4) is 0 Å². The van der Waals surface area contributed by atoms with E-state index in [1.165, 1.54) is 0 Å². The molecule has 1 atom stereocenters. The maximum absolute atomic E-state index is 10.1. The van der Waals surface area contributed by atoms with Gasteiger partial charge in [0.05, 0.1) is 11.7 Å². The smallest absolute Gasteiger partial charge is 0.0902 e. The minimum absolute atomic E-state index is 0.606. The molecule has 0 unspecified atom stereocenters. The molecule has 2 N–H and O–H groups in total. The molecule has 0 fully saturated rings. The molecule has 0 rings (SSSR count). The van der Waals surface area contributed by atoms with Crippen molar-refractivity contribution in [2.45, 2.75) is 71.0 Å². The second kappa shape index (κ2) is 6.39. The van der Waals surface area contributed by atoms with Crippen molar-refractivity contribution in [2.75, 3.05) is 0 Å². The highest BCUT2D eigenvalue weighted by atomic mass is 16.3. The fourth-order valence-electron chi connectivity index (χ4n) is 1.51. The number of hydrogen-bond acceptors (Lipinski definition) is 2. The molecule has 0 heterocycles. The first-order valence-electron chi connectivity index (χ1n) is 5.47. The standard InChI is InChI=1S/C11H24O2/c1-4-6-8-11(13,10(3)12)9-7-5-2/h10,12-13H,4-9H2,1-3H3/t10-/m1/s1. The summed E-state index contributed by atoms with van der Waals surface area (Å²) in [6.07, 6.45) is 4.96. The minimum Gasteiger partial charge on any atom is -0.390 e. The number of aliphatic hydroxyl groups is 2. The molecule has 80 valence electrons. The van der Waals surface area contributed by atoms with Gasteiger partial charge in [-0.1, -0.05) is 39.5 Å². The molecule has 13 heavy (non-hydrogen) atoms. The monoisotopic (exact) mass is 188 g/mol. The molecule has 0 aliphatic heterocycles. The summed E-state index contributed by atoms with van der Waals surface area (Å²) in [5.41, 5.74) is -0.841. The van der Waals surface area contributed by atoms with Gasteiger partial charge in [0.1, 0.15) is 0 Å². The van der Waals surface area contributed by atoms with Crippen LogP contribution in [0.1, 0.15) is 59.3 Å². The van der Waals surface area contributed by atoms with E-state index in [9.17, 15) is 10.2 Å². The third kappa shape index (κ3) is 4.63. The van der Waals surface area contributed by atoms with Crippen molar-refractivity contribution in [2.24, 2.45) is 0 Å². The van der Waals surface area contributed by atoms with Gasteiger partial charge < -0.3 is 10.2 Å². The molecule has 0 aliphatic rings. The zero-order valence-electron chi connectivity index (χ0n) is 9.21. The summed E-state index contributed by atoms with van der Waals surface area (Å²) in [6, 6.07) is 0. The van der Waals surface area contributed by atoms with Crippen LogP contribution >= 0.6 is 0 Å². The summed E-state index contributed by atoms with van der Waals surface area (Å²) in [4.78, 5) is 0. The van der Waals surface area contributed by atoms with E-state index in [1.54, 1.807) is 6.92 Å². The van der Waals surface area contributed by atoms with E-state index >= 15 is 0 Å². The predicted octanol–water partition coefficient (Wildman–Crippen LogP) is 2.48. The predicted molar refractivity (Wildman–Crippen MR) is 55.7 cm³/mol. The lowest BCUT2D eigenvalue weighted by molar-refractivity contribution is -0.0793. The Morgan fingerprint density at radius 3 is 1.69 bits per heavy atom. The summed E-state index contributed by atoms with van der Waals surface area (Å²) < 4.78 is 0. The molecule has 2 heteroatoms. The van der Waals surface area contributed by atoms with Gasteiger partial charge in [-0.3, -0.25) is 0 Å². The lowest BCUT2D eigenvalue weighted by Crippen LogP contribution is -2.40. The molecule has 0 radical (unpaired) electrons. The molecule has 0 spiro atoms. The quantitative estimate of drug-likeness (QED) is 0.644. The van der Waals surface area contributed by atoms with Gasteiger partial charge in [0.15, 0.2) is 0 Å². The molecule has 0 aromatic heterocycles. The molecule has 0 aliphatic carbocycles. The lowest BCUT2D eigenvalue weighted by Gasteiger charge is -2.31. The topological polar surface area (TPSA) is 40.5 Å². The van der Waals surface area contributed by atoms with Crippen LogP contribution in [-0.2, 0) is 0 Å². The summed E-state index contributed by atoms with van der Waals surface area (Å²) in [6.45, 7) is 5.88. The minimum atomic E-state index is -0.841. The third-order valence-electron chi connectivity index (χ3n) is 2.70. The highest BCUT2D eigenvalue weighted by Crippen LogP contribution is 2.25. The van der Waals surface area contributed by atoms with Gasteiger partial charge in [-0.2, -0.15) is 0 Å². The van der Waals surface area contributed by atoms with Crippen LogP contribution in [0.15, 0.2) is 0 Å². The first-order valence-corrected chi connectivity index (χ1v) is 5.47. The molecule has 2 nitrogen and oxygen atoms in total. The summed E-state index contributed by atoms with van der Waals surface area (Å²) in [5.74, 6) is 0. The van der Waals surface area contributed by atoms with Crippen LogP contribution in [0.4, 0.5) is 0 Å². The molecule has 0 amide bonds. The number of hydrogen-bond donors (Lipinski definition) is 2. The van der Waals surface area contributed by atoms with Gasteiger partial charge in [-0.15, -0.1) is 0 Å². The van der Waals surface area contributed by atoms with Crippen molar-refractivity contribution in [1.29, 1.82) is 0 Å². The Hall–Kier alpha value is -0.0800. The van der Waals surface area contributed by atoms with E-state index in [0.717, 1.165) is 38.5 Å². The van der Waals surface area contributed by atoms with Crippen LogP contribution < -0.4 is 0 Å². The maximum atomic E-state index is 10.1. The number of rotatable bonds is 7. The van der Waals surface area contributed by atoms with Crippen molar-refractivity contribution in [3.8, 4) is 0 Å². The van der Waals surface area contributed by atoms with E-state index in [2.05, 4.69) is 13.8 Å². The van der Waals surface area contributed by atoms with Crippen molar-refractivity contribution in [3.63, 3.8) is 0 Å². The number of unbranched alkanes of at least 4 members (excludes halogenated alkanes) is 2. The van der Waals surface area contributed by atoms with Gasteiger partial charge in [0.2, 0.25) is 0 Å². The Morgan fingerprint density at radius 1 is 1.08 bits per heavy atom. The van der Waals surface area contributed by atoms with Crippen molar-refractivity contribution >= 4 is 0 Å². The van der Waals surface area contributed by atoms with Crippen LogP contribution in [0, 0.1) is 0 Å². The zero-order chi connectivity index (χ0) is 10.3. The fraction of sp³-hybridized carbons (Fsp3) is 1.00.